The lowest BCUT2D eigenvalue weighted by atomic mass is 10.1. The van der Waals surface area contributed by atoms with Gasteiger partial charge < -0.3 is 15.3 Å². The highest BCUT2D eigenvalue weighted by Gasteiger charge is 2.21. The monoisotopic (exact) mass is 423 g/mol. The van der Waals surface area contributed by atoms with Gasteiger partial charge in [0.05, 0.1) is 16.9 Å². The van der Waals surface area contributed by atoms with E-state index in [0.717, 1.165) is 18.2 Å². The summed E-state index contributed by atoms with van der Waals surface area (Å²) in [6, 6.07) is 17.9. The first kappa shape index (κ1) is 20.2. The minimum Gasteiger partial charge on any atom is -0.351 e. The number of anilines is 1. The molecule has 4 rings (SSSR count). The van der Waals surface area contributed by atoms with Crippen molar-refractivity contribution >= 4 is 17.1 Å². The van der Waals surface area contributed by atoms with Crippen LogP contribution in [0.25, 0.3) is 22.8 Å². The molecule has 6 nitrogen and oxygen atoms in total. The number of hydrazine groups is 1. The summed E-state index contributed by atoms with van der Waals surface area (Å²) in [5.41, 5.74) is 3.59. The third-order valence-electron chi connectivity index (χ3n) is 4.40. The van der Waals surface area contributed by atoms with Gasteiger partial charge in [-0.1, -0.05) is 47.6 Å². The highest BCUT2D eigenvalue weighted by Crippen LogP contribution is 2.28. The van der Waals surface area contributed by atoms with Crippen molar-refractivity contribution < 1.29 is 17.7 Å². The van der Waals surface area contributed by atoms with Crippen molar-refractivity contribution in [2.75, 3.05) is 5.32 Å². The SMILES string of the molecule is NNC(=C(Nc1ccccc1F)c1ccccc1)c1nc(-c2cc(F)ccc2F)no1. The quantitative estimate of drug-likeness (QED) is 0.311. The van der Waals surface area contributed by atoms with Crippen molar-refractivity contribution in [1.29, 1.82) is 0 Å². The lowest BCUT2D eigenvalue weighted by Gasteiger charge is -2.16. The third-order valence-corrected chi connectivity index (χ3v) is 4.40. The standard InChI is InChI=1S/C22H16F3N5O/c23-14-10-11-16(24)15(12-14)21-28-22(31-30-21)20(29-26)19(13-6-2-1-3-7-13)27-18-9-5-4-8-17(18)25/h1-12,27,29H,26H2. The molecule has 4 aromatic rings. The summed E-state index contributed by atoms with van der Waals surface area (Å²) in [6.07, 6.45) is 0. The predicted molar refractivity (Wildman–Crippen MR) is 110 cm³/mol. The summed E-state index contributed by atoms with van der Waals surface area (Å²) in [5.74, 6) is 3.61. The summed E-state index contributed by atoms with van der Waals surface area (Å²) < 4.78 is 47.2. The Bertz CT molecular complexity index is 1240. The first-order chi connectivity index (χ1) is 15.1. The van der Waals surface area contributed by atoms with Crippen molar-refractivity contribution in [3.8, 4) is 11.4 Å². The Morgan fingerprint density at radius 3 is 2.32 bits per heavy atom. The van der Waals surface area contributed by atoms with Gasteiger partial charge in [0, 0.05) is 5.56 Å². The molecular weight excluding hydrogens is 407 g/mol. The van der Waals surface area contributed by atoms with E-state index < -0.39 is 17.5 Å². The number of nitrogens with one attached hydrogen (secondary N) is 2. The van der Waals surface area contributed by atoms with E-state index in [2.05, 4.69) is 20.9 Å². The topological polar surface area (TPSA) is 89.0 Å². The number of rotatable bonds is 6. The second-order valence-electron chi connectivity index (χ2n) is 6.41. The molecule has 0 aliphatic carbocycles. The van der Waals surface area contributed by atoms with E-state index in [1.807, 2.05) is 6.07 Å². The molecule has 0 aliphatic heterocycles. The zero-order valence-corrected chi connectivity index (χ0v) is 15.9. The van der Waals surface area contributed by atoms with Gasteiger partial charge in [0.25, 0.3) is 5.89 Å². The number of benzene rings is 3. The highest BCUT2D eigenvalue weighted by atomic mass is 19.1. The maximum absolute atomic E-state index is 14.3. The molecule has 9 heteroatoms. The van der Waals surface area contributed by atoms with Crippen molar-refractivity contribution in [3.63, 3.8) is 0 Å². The number of aromatic nitrogens is 2. The zero-order chi connectivity index (χ0) is 21.8. The van der Waals surface area contributed by atoms with Crippen LogP contribution in [0, 0.1) is 17.5 Å². The largest absolute Gasteiger partial charge is 0.351 e. The molecule has 0 radical (unpaired) electrons. The Kier molecular flexibility index (Phi) is 5.67. The van der Waals surface area contributed by atoms with E-state index in [9.17, 15) is 13.2 Å². The predicted octanol–water partition coefficient (Wildman–Crippen LogP) is 4.56. The molecule has 1 heterocycles. The van der Waals surface area contributed by atoms with Crippen LogP contribution in [0.5, 0.6) is 0 Å². The molecule has 0 saturated carbocycles. The van der Waals surface area contributed by atoms with Crippen molar-refractivity contribution in [2.24, 2.45) is 5.84 Å². The molecule has 0 bridgehead atoms. The van der Waals surface area contributed by atoms with Gasteiger partial charge in [-0.05, 0) is 30.3 Å². The van der Waals surface area contributed by atoms with Crippen LogP contribution in [0.3, 0.4) is 0 Å². The van der Waals surface area contributed by atoms with Crippen molar-refractivity contribution in [2.45, 2.75) is 0 Å². The number of hydrogen-bond acceptors (Lipinski definition) is 6. The van der Waals surface area contributed by atoms with E-state index in [0.29, 0.717) is 11.3 Å². The molecule has 1 aromatic heterocycles. The first-order valence-corrected chi connectivity index (χ1v) is 9.14. The lowest BCUT2D eigenvalue weighted by Crippen LogP contribution is -2.23. The third kappa shape index (κ3) is 4.26. The summed E-state index contributed by atoms with van der Waals surface area (Å²) in [4.78, 5) is 4.15. The van der Waals surface area contributed by atoms with Gasteiger partial charge in [-0.25, -0.2) is 13.2 Å². The van der Waals surface area contributed by atoms with E-state index in [1.54, 1.807) is 42.5 Å². The van der Waals surface area contributed by atoms with Gasteiger partial charge in [-0.15, -0.1) is 0 Å². The number of nitrogens with two attached hydrogens (primary N) is 1. The summed E-state index contributed by atoms with van der Waals surface area (Å²) in [7, 11) is 0. The molecule has 0 aliphatic rings. The first-order valence-electron chi connectivity index (χ1n) is 9.14. The highest BCUT2D eigenvalue weighted by molar-refractivity contribution is 5.93. The summed E-state index contributed by atoms with van der Waals surface area (Å²) in [5, 5.41) is 6.72. The number of hydrogen-bond donors (Lipinski definition) is 3. The summed E-state index contributed by atoms with van der Waals surface area (Å²) >= 11 is 0. The average Bonchev–Trinajstić information content (AvgIpc) is 3.27. The Morgan fingerprint density at radius 2 is 1.58 bits per heavy atom. The Labute approximate surface area is 175 Å². The molecule has 156 valence electrons. The van der Waals surface area contributed by atoms with Crippen LogP contribution in [0.4, 0.5) is 18.9 Å². The minimum absolute atomic E-state index is 0.108. The average molecular weight is 423 g/mol. The number of halogens is 3. The van der Waals surface area contributed by atoms with Gasteiger partial charge in [-0.3, -0.25) is 5.84 Å². The fraction of sp³-hybridized carbons (Fsp3) is 0. The zero-order valence-electron chi connectivity index (χ0n) is 15.9. The van der Waals surface area contributed by atoms with Crippen LogP contribution in [0.15, 0.2) is 77.3 Å². The van der Waals surface area contributed by atoms with E-state index >= 15 is 0 Å². The second-order valence-corrected chi connectivity index (χ2v) is 6.41. The molecule has 0 atom stereocenters. The summed E-state index contributed by atoms with van der Waals surface area (Å²) in [6.45, 7) is 0. The maximum atomic E-state index is 14.3. The van der Waals surface area contributed by atoms with Gasteiger partial charge in [-0.2, -0.15) is 4.98 Å². The maximum Gasteiger partial charge on any atom is 0.277 e. The molecule has 31 heavy (non-hydrogen) atoms. The van der Waals surface area contributed by atoms with E-state index in [-0.39, 0.29) is 28.7 Å². The lowest BCUT2D eigenvalue weighted by molar-refractivity contribution is 0.405. The van der Waals surface area contributed by atoms with Crippen LogP contribution < -0.4 is 16.6 Å². The fourth-order valence-electron chi connectivity index (χ4n) is 2.93. The van der Waals surface area contributed by atoms with E-state index in [4.69, 9.17) is 10.4 Å². The van der Waals surface area contributed by atoms with Crippen LogP contribution in [0.1, 0.15) is 11.5 Å². The molecular formula is C22H16F3N5O. The molecule has 0 fully saturated rings. The van der Waals surface area contributed by atoms with Gasteiger partial charge in [0.15, 0.2) is 0 Å². The molecule has 0 unspecified atom stereocenters. The van der Waals surface area contributed by atoms with Crippen LogP contribution in [0.2, 0.25) is 0 Å². The minimum atomic E-state index is -0.715. The van der Waals surface area contributed by atoms with Crippen molar-refractivity contribution in [1.82, 2.24) is 15.6 Å². The van der Waals surface area contributed by atoms with E-state index in [1.165, 1.54) is 6.07 Å². The molecule has 3 aromatic carbocycles. The smallest absolute Gasteiger partial charge is 0.277 e. The molecule has 0 spiro atoms. The van der Waals surface area contributed by atoms with Crippen LogP contribution >= 0.6 is 0 Å². The van der Waals surface area contributed by atoms with Crippen LogP contribution in [-0.2, 0) is 0 Å². The fourth-order valence-corrected chi connectivity index (χ4v) is 2.93. The molecule has 4 N–H and O–H groups in total. The normalized spacial score (nSPS) is 11.7. The Balaban J connectivity index is 1.83. The number of nitrogens with zero attached hydrogens (tertiary/aromatic N) is 2. The Morgan fingerprint density at radius 1 is 0.839 bits per heavy atom. The number of para-hydroxylation sites is 1. The van der Waals surface area contributed by atoms with Crippen LogP contribution in [-0.4, -0.2) is 10.1 Å². The Hall–Kier alpha value is -4.11. The van der Waals surface area contributed by atoms with Crippen molar-refractivity contribution in [3.05, 3.63) is 102 Å². The van der Waals surface area contributed by atoms with Gasteiger partial charge in [0.2, 0.25) is 5.82 Å². The van der Waals surface area contributed by atoms with Gasteiger partial charge >= 0.3 is 0 Å². The second kappa shape index (κ2) is 8.72. The van der Waals surface area contributed by atoms with Gasteiger partial charge in [0.1, 0.15) is 23.1 Å². The molecule has 0 amide bonds. The molecule has 0 saturated heterocycles.